The summed E-state index contributed by atoms with van der Waals surface area (Å²) in [5.41, 5.74) is 1.48. The molecule has 3 rings (SSSR count). The van der Waals surface area contributed by atoms with Crippen molar-refractivity contribution >= 4 is 29.6 Å². The molecule has 0 radical (unpaired) electrons. The summed E-state index contributed by atoms with van der Waals surface area (Å²) in [5, 5.41) is 8.95. The first-order chi connectivity index (χ1) is 12.0. The van der Waals surface area contributed by atoms with Crippen LogP contribution in [-0.2, 0) is 4.79 Å². The fourth-order valence-corrected chi connectivity index (χ4v) is 3.45. The van der Waals surface area contributed by atoms with Gasteiger partial charge < -0.3 is 14.6 Å². The number of methoxy groups -OCH3 is 1. The highest BCUT2D eigenvalue weighted by atomic mass is 32.2. The third kappa shape index (κ3) is 3.53. The summed E-state index contributed by atoms with van der Waals surface area (Å²) in [6.07, 6.45) is 0.805. The zero-order chi connectivity index (χ0) is 18.0. The van der Waals surface area contributed by atoms with Crippen molar-refractivity contribution in [3.05, 3.63) is 58.5 Å². The second-order valence-electron chi connectivity index (χ2n) is 5.44. The summed E-state index contributed by atoms with van der Waals surface area (Å²) in [4.78, 5) is 24.9. The van der Waals surface area contributed by atoms with Crippen molar-refractivity contribution in [3.63, 3.8) is 0 Å². The number of fused-ring (bicyclic) bond motifs is 1. The van der Waals surface area contributed by atoms with Crippen LogP contribution < -0.4 is 9.47 Å². The highest BCUT2D eigenvalue weighted by molar-refractivity contribution is 8.04. The maximum absolute atomic E-state index is 12.4. The number of carboxylic acids is 1. The van der Waals surface area contributed by atoms with Crippen LogP contribution in [-0.4, -0.2) is 30.1 Å². The predicted molar refractivity (Wildman–Crippen MR) is 95.3 cm³/mol. The van der Waals surface area contributed by atoms with Gasteiger partial charge in [-0.05, 0) is 42.8 Å². The molecule has 25 heavy (non-hydrogen) atoms. The number of ketones is 1. The van der Waals surface area contributed by atoms with E-state index >= 15 is 0 Å². The van der Waals surface area contributed by atoms with E-state index in [-0.39, 0.29) is 5.78 Å². The topological polar surface area (TPSA) is 72.8 Å². The van der Waals surface area contributed by atoms with Crippen molar-refractivity contribution in [1.82, 2.24) is 0 Å². The molecule has 1 N–H and O–H groups in total. The number of rotatable bonds is 5. The SMILES string of the molecule is COc1cc(/C=C2\Sc3ccccc3C2=O)ccc1O[C@@H](C)C(=O)O. The van der Waals surface area contributed by atoms with Crippen molar-refractivity contribution in [2.45, 2.75) is 17.9 Å². The van der Waals surface area contributed by atoms with E-state index in [2.05, 4.69) is 0 Å². The first-order valence-electron chi connectivity index (χ1n) is 7.60. The van der Waals surface area contributed by atoms with Gasteiger partial charge in [0, 0.05) is 10.5 Å². The largest absolute Gasteiger partial charge is 0.493 e. The van der Waals surface area contributed by atoms with E-state index in [0.29, 0.717) is 22.0 Å². The minimum absolute atomic E-state index is 0.000562. The second-order valence-corrected chi connectivity index (χ2v) is 6.53. The molecule has 1 aliphatic heterocycles. The van der Waals surface area contributed by atoms with Gasteiger partial charge in [0.2, 0.25) is 5.78 Å². The highest BCUT2D eigenvalue weighted by Crippen LogP contribution is 2.41. The van der Waals surface area contributed by atoms with Crippen molar-refractivity contribution in [1.29, 1.82) is 0 Å². The molecule has 128 valence electrons. The van der Waals surface area contributed by atoms with E-state index in [0.717, 1.165) is 10.5 Å². The monoisotopic (exact) mass is 356 g/mol. The number of carbonyl (C=O) groups excluding carboxylic acids is 1. The van der Waals surface area contributed by atoms with Gasteiger partial charge in [0.1, 0.15) is 0 Å². The van der Waals surface area contributed by atoms with Gasteiger partial charge in [0.25, 0.3) is 0 Å². The quantitative estimate of drug-likeness (QED) is 0.820. The third-order valence-corrected chi connectivity index (χ3v) is 4.81. The lowest BCUT2D eigenvalue weighted by Crippen LogP contribution is -2.23. The Morgan fingerprint density at radius 3 is 2.64 bits per heavy atom. The molecular weight excluding hydrogens is 340 g/mol. The zero-order valence-corrected chi connectivity index (χ0v) is 14.5. The molecule has 0 aliphatic carbocycles. The van der Waals surface area contributed by atoms with Crippen LogP contribution >= 0.6 is 11.8 Å². The molecule has 0 saturated carbocycles. The summed E-state index contributed by atoms with van der Waals surface area (Å²) in [7, 11) is 1.48. The van der Waals surface area contributed by atoms with Gasteiger partial charge in [-0.25, -0.2) is 4.79 Å². The first kappa shape index (κ1) is 17.1. The van der Waals surface area contributed by atoms with Crippen LogP contribution in [0.25, 0.3) is 6.08 Å². The van der Waals surface area contributed by atoms with Crippen LogP contribution in [0.2, 0.25) is 0 Å². The molecule has 0 aromatic heterocycles. The van der Waals surface area contributed by atoms with E-state index in [9.17, 15) is 9.59 Å². The van der Waals surface area contributed by atoms with Gasteiger partial charge >= 0.3 is 5.97 Å². The van der Waals surface area contributed by atoms with Crippen molar-refractivity contribution in [2.24, 2.45) is 0 Å². The molecule has 0 bridgehead atoms. The van der Waals surface area contributed by atoms with Crippen molar-refractivity contribution in [2.75, 3.05) is 7.11 Å². The number of carboxylic acid groups (broad SMARTS) is 1. The molecule has 0 amide bonds. The number of ether oxygens (including phenoxy) is 2. The van der Waals surface area contributed by atoms with Gasteiger partial charge in [0.15, 0.2) is 17.6 Å². The van der Waals surface area contributed by atoms with Crippen molar-refractivity contribution < 1.29 is 24.2 Å². The Kier molecular flexibility index (Phi) is 4.81. The molecule has 2 aromatic carbocycles. The normalized spacial score (nSPS) is 15.8. The maximum atomic E-state index is 12.4. The lowest BCUT2D eigenvalue weighted by molar-refractivity contribution is -0.144. The highest BCUT2D eigenvalue weighted by Gasteiger charge is 2.25. The van der Waals surface area contributed by atoms with Gasteiger partial charge in [0.05, 0.1) is 12.0 Å². The van der Waals surface area contributed by atoms with E-state index in [4.69, 9.17) is 14.6 Å². The molecule has 0 spiro atoms. The Labute approximate surface area is 149 Å². The Balaban J connectivity index is 1.87. The number of Topliss-reactive ketones (excluding diaryl/α,β-unsaturated/α-hetero) is 1. The van der Waals surface area contributed by atoms with Crippen LogP contribution in [0.3, 0.4) is 0 Å². The van der Waals surface area contributed by atoms with Gasteiger partial charge in [-0.2, -0.15) is 0 Å². The molecule has 6 heteroatoms. The summed E-state index contributed by atoms with van der Waals surface area (Å²) < 4.78 is 10.7. The molecule has 1 atom stereocenters. The molecule has 2 aromatic rings. The van der Waals surface area contributed by atoms with Crippen LogP contribution in [0, 0.1) is 0 Å². The Hall–Kier alpha value is -2.73. The number of hydrogen-bond donors (Lipinski definition) is 1. The van der Waals surface area contributed by atoms with E-state index in [1.165, 1.54) is 25.8 Å². The first-order valence-corrected chi connectivity index (χ1v) is 8.42. The summed E-state index contributed by atoms with van der Waals surface area (Å²) >= 11 is 1.43. The molecule has 1 heterocycles. The number of aliphatic carboxylic acids is 1. The summed E-state index contributed by atoms with van der Waals surface area (Å²) in [6.45, 7) is 1.45. The van der Waals surface area contributed by atoms with Crippen LogP contribution in [0.4, 0.5) is 0 Å². The Morgan fingerprint density at radius 1 is 1.20 bits per heavy atom. The average Bonchev–Trinajstić information content (AvgIpc) is 2.92. The minimum atomic E-state index is -1.06. The number of hydrogen-bond acceptors (Lipinski definition) is 5. The second kappa shape index (κ2) is 7.03. The molecular formula is C19H16O5S. The zero-order valence-electron chi connectivity index (χ0n) is 13.7. The number of carbonyl (C=O) groups is 2. The Morgan fingerprint density at radius 2 is 1.96 bits per heavy atom. The van der Waals surface area contributed by atoms with Gasteiger partial charge in [-0.3, -0.25) is 4.79 Å². The molecule has 1 aliphatic rings. The maximum Gasteiger partial charge on any atom is 0.344 e. The third-order valence-electron chi connectivity index (χ3n) is 3.71. The van der Waals surface area contributed by atoms with Crippen LogP contribution in [0.15, 0.2) is 52.3 Å². The fraction of sp³-hybridized carbons (Fsp3) is 0.158. The van der Waals surface area contributed by atoms with Crippen LogP contribution in [0.1, 0.15) is 22.8 Å². The smallest absolute Gasteiger partial charge is 0.344 e. The van der Waals surface area contributed by atoms with Crippen LogP contribution in [0.5, 0.6) is 11.5 Å². The molecule has 0 unspecified atom stereocenters. The van der Waals surface area contributed by atoms with Gasteiger partial charge in [-0.15, -0.1) is 0 Å². The summed E-state index contributed by atoms with van der Waals surface area (Å²) in [6, 6.07) is 12.6. The summed E-state index contributed by atoms with van der Waals surface area (Å²) in [5.74, 6) is -0.304. The minimum Gasteiger partial charge on any atom is -0.493 e. The number of allylic oxidation sites excluding steroid dienone is 1. The Bertz CT molecular complexity index is 872. The molecule has 5 nitrogen and oxygen atoms in total. The van der Waals surface area contributed by atoms with E-state index in [1.807, 2.05) is 24.3 Å². The van der Waals surface area contributed by atoms with E-state index in [1.54, 1.807) is 24.3 Å². The van der Waals surface area contributed by atoms with E-state index < -0.39 is 12.1 Å². The molecule has 0 saturated heterocycles. The average molecular weight is 356 g/mol. The lowest BCUT2D eigenvalue weighted by atomic mass is 10.1. The standard InChI is InChI=1S/C19H16O5S/c1-11(19(21)22)24-14-8-7-12(9-15(14)23-2)10-17-18(20)13-5-3-4-6-16(13)25-17/h3-11H,1-2H3,(H,21,22)/b17-10-/t11-/m0/s1. The lowest BCUT2D eigenvalue weighted by Gasteiger charge is -2.14. The number of thioether (sulfide) groups is 1. The van der Waals surface area contributed by atoms with Crippen molar-refractivity contribution in [3.8, 4) is 11.5 Å². The van der Waals surface area contributed by atoms with Gasteiger partial charge in [-0.1, -0.05) is 30.0 Å². The predicted octanol–water partition coefficient (Wildman–Crippen LogP) is 3.88. The fourth-order valence-electron chi connectivity index (χ4n) is 2.40. The number of benzene rings is 2. The molecule has 0 fully saturated rings.